The summed E-state index contributed by atoms with van der Waals surface area (Å²) in [6.07, 6.45) is 0. The molecule has 5 heteroatoms. The molecule has 5 nitrogen and oxygen atoms in total. The van der Waals surface area contributed by atoms with Gasteiger partial charge in [-0.05, 0) is 49.6 Å². The van der Waals surface area contributed by atoms with Crippen LogP contribution in [0.5, 0.6) is 5.75 Å². The van der Waals surface area contributed by atoms with Crippen molar-refractivity contribution in [3.63, 3.8) is 0 Å². The summed E-state index contributed by atoms with van der Waals surface area (Å²) >= 11 is 0. The Morgan fingerprint density at radius 1 is 0.923 bits per heavy atom. The number of para-hydroxylation sites is 1. The smallest absolute Gasteiger partial charge is 0.229 e. The summed E-state index contributed by atoms with van der Waals surface area (Å²) in [5.74, 6) is 2.24. The largest absolute Gasteiger partial charge is 0.497 e. The highest BCUT2D eigenvalue weighted by Gasteiger charge is 2.07. The molecule has 0 fully saturated rings. The first kappa shape index (κ1) is 17.7. The molecule has 3 aromatic rings. The summed E-state index contributed by atoms with van der Waals surface area (Å²) < 4.78 is 5.19. The molecule has 0 atom stereocenters. The molecule has 26 heavy (non-hydrogen) atoms. The summed E-state index contributed by atoms with van der Waals surface area (Å²) in [4.78, 5) is 9.11. The van der Waals surface area contributed by atoms with Gasteiger partial charge in [-0.1, -0.05) is 30.3 Å². The van der Waals surface area contributed by atoms with Gasteiger partial charge in [-0.15, -0.1) is 0 Å². The van der Waals surface area contributed by atoms with Crippen LogP contribution in [0.25, 0.3) is 0 Å². The van der Waals surface area contributed by atoms with Gasteiger partial charge < -0.3 is 15.4 Å². The van der Waals surface area contributed by atoms with E-state index < -0.39 is 0 Å². The van der Waals surface area contributed by atoms with Crippen molar-refractivity contribution in [1.82, 2.24) is 9.97 Å². The molecule has 0 bridgehead atoms. The number of hydrogen-bond acceptors (Lipinski definition) is 5. The second-order valence-electron chi connectivity index (χ2n) is 6.31. The molecule has 0 aliphatic carbocycles. The number of hydrogen-bond donors (Lipinski definition) is 2. The Kier molecular flexibility index (Phi) is 5.37. The molecule has 0 spiro atoms. The highest BCUT2D eigenvalue weighted by Crippen LogP contribution is 2.23. The lowest BCUT2D eigenvalue weighted by molar-refractivity contribution is 0.414. The van der Waals surface area contributed by atoms with Crippen LogP contribution in [-0.4, -0.2) is 17.1 Å². The van der Waals surface area contributed by atoms with E-state index in [0.717, 1.165) is 28.5 Å². The average molecular weight is 348 g/mol. The van der Waals surface area contributed by atoms with E-state index in [9.17, 15) is 0 Å². The molecular weight excluding hydrogens is 324 g/mol. The molecule has 1 aromatic heterocycles. The number of nitrogens with one attached hydrogen (secondary N) is 2. The van der Waals surface area contributed by atoms with Crippen LogP contribution in [0.2, 0.25) is 0 Å². The van der Waals surface area contributed by atoms with Gasteiger partial charge in [0.25, 0.3) is 0 Å². The van der Waals surface area contributed by atoms with Crippen LogP contribution in [0.15, 0.2) is 48.5 Å². The Hall–Kier alpha value is -3.08. The zero-order valence-electron chi connectivity index (χ0n) is 15.6. The van der Waals surface area contributed by atoms with Crippen LogP contribution in [0, 0.1) is 20.8 Å². The molecule has 0 aliphatic heterocycles. The van der Waals surface area contributed by atoms with Gasteiger partial charge >= 0.3 is 0 Å². The summed E-state index contributed by atoms with van der Waals surface area (Å²) in [5.41, 5.74) is 5.46. The van der Waals surface area contributed by atoms with E-state index in [1.54, 1.807) is 7.11 Å². The second-order valence-corrected chi connectivity index (χ2v) is 6.31. The van der Waals surface area contributed by atoms with E-state index in [0.29, 0.717) is 12.5 Å². The quantitative estimate of drug-likeness (QED) is 0.672. The van der Waals surface area contributed by atoms with E-state index in [1.165, 1.54) is 11.1 Å². The molecule has 2 aromatic carbocycles. The highest BCUT2D eigenvalue weighted by atomic mass is 16.5. The summed E-state index contributed by atoms with van der Waals surface area (Å²) in [5, 5.41) is 6.72. The fraction of sp³-hybridized carbons (Fsp3) is 0.238. The van der Waals surface area contributed by atoms with E-state index >= 15 is 0 Å². The standard InChI is InChI=1S/C21H24N4O/c1-14-6-5-7-15(2)20(14)25-21-23-16(3)12-19(24-21)22-13-17-8-10-18(26-4)11-9-17/h5-12H,13H2,1-4H3,(H2,22,23,24,25). The maximum atomic E-state index is 5.19. The molecule has 3 rings (SSSR count). The Morgan fingerprint density at radius 3 is 2.27 bits per heavy atom. The number of methoxy groups -OCH3 is 1. The number of ether oxygens (including phenoxy) is 1. The van der Waals surface area contributed by atoms with E-state index in [1.807, 2.05) is 37.3 Å². The van der Waals surface area contributed by atoms with Crippen molar-refractivity contribution >= 4 is 17.5 Å². The second kappa shape index (κ2) is 7.87. The topological polar surface area (TPSA) is 59.1 Å². The monoisotopic (exact) mass is 348 g/mol. The molecule has 134 valence electrons. The van der Waals surface area contributed by atoms with Crippen molar-refractivity contribution in [2.75, 3.05) is 17.7 Å². The van der Waals surface area contributed by atoms with Crippen LogP contribution in [0.4, 0.5) is 17.5 Å². The van der Waals surface area contributed by atoms with Crippen molar-refractivity contribution in [3.8, 4) is 5.75 Å². The third-order valence-electron chi connectivity index (χ3n) is 4.20. The van der Waals surface area contributed by atoms with Crippen LogP contribution >= 0.6 is 0 Å². The number of anilines is 3. The Labute approximate surface area is 154 Å². The fourth-order valence-electron chi connectivity index (χ4n) is 2.77. The van der Waals surface area contributed by atoms with E-state index in [2.05, 4.69) is 52.6 Å². The molecule has 0 saturated carbocycles. The lowest BCUT2D eigenvalue weighted by Crippen LogP contribution is -2.06. The van der Waals surface area contributed by atoms with Gasteiger partial charge in [-0.25, -0.2) is 4.98 Å². The number of aromatic nitrogens is 2. The van der Waals surface area contributed by atoms with Gasteiger partial charge in [0.05, 0.1) is 7.11 Å². The molecule has 0 saturated heterocycles. The lowest BCUT2D eigenvalue weighted by atomic mass is 10.1. The third-order valence-corrected chi connectivity index (χ3v) is 4.20. The maximum Gasteiger partial charge on any atom is 0.229 e. The van der Waals surface area contributed by atoms with Crippen molar-refractivity contribution in [2.24, 2.45) is 0 Å². The van der Waals surface area contributed by atoms with Crippen molar-refractivity contribution in [3.05, 3.63) is 70.9 Å². The predicted octanol–water partition coefficient (Wildman–Crippen LogP) is 4.77. The normalized spacial score (nSPS) is 10.5. The summed E-state index contributed by atoms with van der Waals surface area (Å²) in [6.45, 7) is 6.81. The van der Waals surface area contributed by atoms with Crippen LogP contribution in [0.1, 0.15) is 22.4 Å². The van der Waals surface area contributed by atoms with E-state index in [4.69, 9.17) is 4.74 Å². The molecule has 0 aliphatic rings. The van der Waals surface area contributed by atoms with Crippen molar-refractivity contribution < 1.29 is 4.74 Å². The van der Waals surface area contributed by atoms with Gasteiger partial charge in [0.15, 0.2) is 0 Å². The molecule has 0 unspecified atom stereocenters. The number of benzene rings is 2. The summed E-state index contributed by atoms with van der Waals surface area (Å²) in [6, 6.07) is 16.1. The average Bonchev–Trinajstić information content (AvgIpc) is 2.63. The molecular formula is C21H24N4O. The minimum atomic E-state index is 0.597. The lowest BCUT2D eigenvalue weighted by Gasteiger charge is -2.13. The first-order chi connectivity index (χ1) is 12.5. The first-order valence-electron chi connectivity index (χ1n) is 8.61. The van der Waals surface area contributed by atoms with Gasteiger partial charge in [0.2, 0.25) is 5.95 Å². The first-order valence-corrected chi connectivity index (χ1v) is 8.61. The van der Waals surface area contributed by atoms with Crippen molar-refractivity contribution in [1.29, 1.82) is 0 Å². The predicted molar refractivity (Wildman–Crippen MR) is 106 cm³/mol. The number of rotatable bonds is 6. The Morgan fingerprint density at radius 2 is 1.62 bits per heavy atom. The maximum absolute atomic E-state index is 5.19. The van der Waals surface area contributed by atoms with Gasteiger partial charge in [-0.2, -0.15) is 4.98 Å². The molecule has 0 amide bonds. The molecule has 2 N–H and O–H groups in total. The third kappa shape index (κ3) is 4.30. The Bertz CT molecular complexity index is 871. The minimum absolute atomic E-state index is 0.597. The van der Waals surface area contributed by atoms with Crippen LogP contribution < -0.4 is 15.4 Å². The zero-order valence-corrected chi connectivity index (χ0v) is 15.6. The molecule has 0 radical (unpaired) electrons. The fourth-order valence-corrected chi connectivity index (χ4v) is 2.77. The number of nitrogens with zero attached hydrogens (tertiary/aromatic N) is 2. The highest BCUT2D eigenvalue weighted by molar-refractivity contribution is 5.63. The van der Waals surface area contributed by atoms with Crippen LogP contribution in [-0.2, 0) is 6.54 Å². The van der Waals surface area contributed by atoms with E-state index in [-0.39, 0.29) is 0 Å². The van der Waals surface area contributed by atoms with Crippen LogP contribution in [0.3, 0.4) is 0 Å². The summed E-state index contributed by atoms with van der Waals surface area (Å²) in [7, 11) is 1.67. The van der Waals surface area contributed by atoms with Gasteiger partial charge in [0, 0.05) is 24.0 Å². The minimum Gasteiger partial charge on any atom is -0.497 e. The van der Waals surface area contributed by atoms with Gasteiger partial charge in [-0.3, -0.25) is 0 Å². The SMILES string of the molecule is COc1ccc(CNc2cc(C)nc(Nc3c(C)cccc3C)n2)cc1. The Balaban J connectivity index is 1.74. The number of aryl methyl sites for hydroxylation is 3. The van der Waals surface area contributed by atoms with Crippen molar-refractivity contribution in [2.45, 2.75) is 27.3 Å². The molecule has 1 heterocycles. The zero-order chi connectivity index (χ0) is 18.5. The van der Waals surface area contributed by atoms with Gasteiger partial charge in [0.1, 0.15) is 11.6 Å².